The lowest BCUT2D eigenvalue weighted by atomic mass is 10.1. The Labute approximate surface area is 112 Å². The molecule has 1 aromatic heterocycles. The van der Waals surface area contributed by atoms with Gasteiger partial charge in [-0.3, -0.25) is 0 Å². The molecule has 4 heteroatoms. The van der Waals surface area contributed by atoms with E-state index < -0.39 is 0 Å². The summed E-state index contributed by atoms with van der Waals surface area (Å²) in [7, 11) is 0. The van der Waals surface area contributed by atoms with Gasteiger partial charge in [0, 0.05) is 24.0 Å². The van der Waals surface area contributed by atoms with Crippen LogP contribution < -0.4 is 4.90 Å². The van der Waals surface area contributed by atoms with Crippen molar-refractivity contribution < 1.29 is 9.84 Å². The molecule has 3 rings (SSSR count). The van der Waals surface area contributed by atoms with Crippen molar-refractivity contribution in [3.05, 3.63) is 35.9 Å². The fourth-order valence-electron chi connectivity index (χ4n) is 2.55. The Hall–Kier alpha value is -1.65. The second-order valence-electron chi connectivity index (χ2n) is 4.95. The van der Waals surface area contributed by atoms with Gasteiger partial charge in [0.15, 0.2) is 0 Å². The summed E-state index contributed by atoms with van der Waals surface area (Å²) < 4.78 is 5.56. The van der Waals surface area contributed by atoms with E-state index in [4.69, 9.17) is 9.72 Å². The number of fused-ring (bicyclic) bond motifs is 1. The van der Waals surface area contributed by atoms with Crippen LogP contribution in [0.1, 0.15) is 12.5 Å². The van der Waals surface area contributed by atoms with Crippen molar-refractivity contribution in [2.24, 2.45) is 0 Å². The molecule has 1 unspecified atom stereocenters. The van der Waals surface area contributed by atoms with E-state index in [-0.39, 0.29) is 12.7 Å². The van der Waals surface area contributed by atoms with E-state index >= 15 is 0 Å². The molecule has 0 aliphatic carbocycles. The number of ether oxygens (including phenoxy) is 1. The van der Waals surface area contributed by atoms with Gasteiger partial charge in [0.1, 0.15) is 5.82 Å². The highest BCUT2D eigenvalue weighted by Crippen LogP contribution is 2.25. The fraction of sp³-hybridized carbons (Fsp3) is 0.400. The zero-order valence-electron chi connectivity index (χ0n) is 11.0. The number of aliphatic hydroxyl groups is 1. The molecule has 19 heavy (non-hydrogen) atoms. The van der Waals surface area contributed by atoms with E-state index in [1.165, 1.54) is 0 Å². The predicted molar refractivity (Wildman–Crippen MR) is 75.3 cm³/mol. The third-order valence-corrected chi connectivity index (χ3v) is 3.49. The van der Waals surface area contributed by atoms with Crippen molar-refractivity contribution in [3.8, 4) is 0 Å². The molecule has 1 aromatic carbocycles. The molecule has 2 heterocycles. The van der Waals surface area contributed by atoms with Gasteiger partial charge < -0.3 is 14.7 Å². The number of anilines is 1. The summed E-state index contributed by atoms with van der Waals surface area (Å²) in [5.74, 6) is 0.886. The second-order valence-corrected chi connectivity index (χ2v) is 4.95. The molecule has 0 bridgehead atoms. The molecule has 100 valence electrons. The maximum absolute atomic E-state index is 9.58. The minimum atomic E-state index is 0.0128. The normalized spacial score (nSPS) is 19.9. The highest BCUT2D eigenvalue weighted by atomic mass is 16.5. The number of pyridine rings is 1. The lowest BCUT2D eigenvalue weighted by Crippen LogP contribution is -2.42. The topological polar surface area (TPSA) is 45.6 Å². The zero-order valence-corrected chi connectivity index (χ0v) is 11.0. The summed E-state index contributed by atoms with van der Waals surface area (Å²) >= 11 is 0. The minimum absolute atomic E-state index is 0.0128. The molecule has 4 nitrogen and oxygen atoms in total. The van der Waals surface area contributed by atoms with Crippen molar-refractivity contribution in [3.63, 3.8) is 0 Å². The number of hydrogen-bond donors (Lipinski definition) is 1. The molecular weight excluding hydrogens is 240 g/mol. The summed E-state index contributed by atoms with van der Waals surface area (Å²) in [5.41, 5.74) is 1.85. The summed E-state index contributed by atoms with van der Waals surface area (Å²) in [5, 5.41) is 10.6. The number of nitrogens with zero attached hydrogens (tertiary/aromatic N) is 2. The Morgan fingerprint density at radius 1 is 1.42 bits per heavy atom. The lowest BCUT2D eigenvalue weighted by Gasteiger charge is -2.33. The van der Waals surface area contributed by atoms with Gasteiger partial charge >= 0.3 is 0 Å². The first-order valence-corrected chi connectivity index (χ1v) is 6.64. The van der Waals surface area contributed by atoms with Crippen LogP contribution in [0.25, 0.3) is 10.9 Å². The van der Waals surface area contributed by atoms with Gasteiger partial charge in [-0.2, -0.15) is 0 Å². The summed E-state index contributed by atoms with van der Waals surface area (Å²) in [6.45, 7) is 4.42. The smallest absolute Gasteiger partial charge is 0.134 e. The standard InChI is InChI=1S/C15H18N2O2/c1-11-9-17(6-7-19-11)15-13(10-18)8-12-4-2-3-5-14(12)16-15/h2-5,8,11,18H,6-7,9-10H2,1H3. The van der Waals surface area contributed by atoms with Crippen molar-refractivity contribution in [2.45, 2.75) is 19.6 Å². The molecule has 1 saturated heterocycles. The predicted octanol–water partition coefficient (Wildman–Crippen LogP) is 1.95. The average Bonchev–Trinajstić information content (AvgIpc) is 2.46. The SMILES string of the molecule is CC1CN(c2nc3ccccc3cc2CO)CCO1. The van der Waals surface area contributed by atoms with E-state index in [1.807, 2.05) is 30.3 Å². The molecule has 0 amide bonds. The molecule has 0 saturated carbocycles. The van der Waals surface area contributed by atoms with Gasteiger partial charge in [0.05, 0.1) is 24.8 Å². The average molecular weight is 258 g/mol. The summed E-state index contributed by atoms with van der Waals surface area (Å²) in [4.78, 5) is 6.92. The number of morpholine rings is 1. The number of aromatic nitrogens is 1. The van der Waals surface area contributed by atoms with Crippen LogP contribution in [0.3, 0.4) is 0 Å². The third-order valence-electron chi connectivity index (χ3n) is 3.49. The third kappa shape index (κ3) is 2.41. The van der Waals surface area contributed by atoms with Crippen LogP contribution in [0, 0.1) is 0 Å². The molecule has 0 spiro atoms. The lowest BCUT2D eigenvalue weighted by molar-refractivity contribution is 0.0528. The van der Waals surface area contributed by atoms with Gasteiger partial charge in [0.2, 0.25) is 0 Å². The highest BCUT2D eigenvalue weighted by molar-refractivity contribution is 5.81. The van der Waals surface area contributed by atoms with Gasteiger partial charge in [0.25, 0.3) is 0 Å². The number of benzene rings is 1. The minimum Gasteiger partial charge on any atom is -0.392 e. The quantitative estimate of drug-likeness (QED) is 0.894. The first-order chi connectivity index (χ1) is 9.28. The van der Waals surface area contributed by atoms with E-state index in [2.05, 4.69) is 11.8 Å². The maximum Gasteiger partial charge on any atom is 0.134 e. The molecule has 2 aromatic rings. The first kappa shape index (κ1) is 12.4. The number of para-hydroxylation sites is 1. The first-order valence-electron chi connectivity index (χ1n) is 6.64. The molecule has 1 atom stereocenters. The maximum atomic E-state index is 9.58. The molecule has 1 aliphatic heterocycles. The van der Waals surface area contributed by atoms with E-state index in [9.17, 15) is 5.11 Å². The Kier molecular flexibility index (Phi) is 3.36. The largest absolute Gasteiger partial charge is 0.392 e. The molecule has 1 N–H and O–H groups in total. The van der Waals surface area contributed by atoms with Gasteiger partial charge in [-0.15, -0.1) is 0 Å². The molecule has 1 fully saturated rings. The van der Waals surface area contributed by atoms with Crippen molar-refractivity contribution in [2.75, 3.05) is 24.6 Å². The van der Waals surface area contributed by atoms with Gasteiger partial charge in [-0.05, 0) is 19.1 Å². The van der Waals surface area contributed by atoms with Crippen molar-refractivity contribution in [1.82, 2.24) is 4.98 Å². The molecular formula is C15H18N2O2. The molecule has 0 radical (unpaired) electrons. The van der Waals surface area contributed by atoms with Crippen LogP contribution in [0.5, 0.6) is 0 Å². The Morgan fingerprint density at radius 3 is 3.05 bits per heavy atom. The van der Waals surface area contributed by atoms with Crippen LogP contribution in [-0.4, -0.2) is 35.9 Å². The number of aliphatic hydroxyl groups excluding tert-OH is 1. The van der Waals surface area contributed by atoms with Crippen LogP contribution in [0.2, 0.25) is 0 Å². The summed E-state index contributed by atoms with van der Waals surface area (Å²) in [6.07, 6.45) is 0.202. The monoisotopic (exact) mass is 258 g/mol. The number of rotatable bonds is 2. The van der Waals surface area contributed by atoms with Crippen LogP contribution >= 0.6 is 0 Å². The highest BCUT2D eigenvalue weighted by Gasteiger charge is 2.20. The van der Waals surface area contributed by atoms with Crippen LogP contribution in [-0.2, 0) is 11.3 Å². The zero-order chi connectivity index (χ0) is 13.2. The van der Waals surface area contributed by atoms with E-state index in [0.717, 1.165) is 35.4 Å². The van der Waals surface area contributed by atoms with Crippen molar-refractivity contribution in [1.29, 1.82) is 0 Å². The number of hydrogen-bond acceptors (Lipinski definition) is 4. The second kappa shape index (κ2) is 5.15. The Bertz CT molecular complexity index is 585. The Balaban J connectivity index is 2.05. The summed E-state index contributed by atoms with van der Waals surface area (Å²) in [6, 6.07) is 10.0. The van der Waals surface area contributed by atoms with Crippen molar-refractivity contribution >= 4 is 16.7 Å². The van der Waals surface area contributed by atoms with Gasteiger partial charge in [-0.25, -0.2) is 4.98 Å². The van der Waals surface area contributed by atoms with Crippen LogP contribution in [0.4, 0.5) is 5.82 Å². The fourth-order valence-corrected chi connectivity index (χ4v) is 2.55. The van der Waals surface area contributed by atoms with E-state index in [0.29, 0.717) is 6.61 Å². The Morgan fingerprint density at radius 2 is 2.26 bits per heavy atom. The van der Waals surface area contributed by atoms with E-state index in [1.54, 1.807) is 0 Å². The van der Waals surface area contributed by atoms with Gasteiger partial charge in [-0.1, -0.05) is 18.2 Å². The molecule has 1 aliphatic rings. The van der Waals surface area contributed by atoms with Crippen LogP contribution in [0.15, 0.2) is 30.3 Å².